The van der Waals surface area contributed by atoms with Crippen LogP contribution in [0.25, 0.3) is 97.4 Å². The number of benzene rings is 10. The summed E-state index contributed by atoms with van der Waals surface area (Å²) in [7, 11) is 0. The fourth-order valence-electron chi connectivity index (χ4n) is 9.11. The Balaban J connectivity index is 0.959. The number of hydrogen-bond acceptors (Lipinski definition) is 3. The molecule has 3 heteroatoms. The summed E-state index contributed by atoms with van der Waals surface area (Å²) in [6.07, 6.45) is 0. The second kappa shape index (κ2) is 14.5. The minimum atomic E-state index is 0.891. The van der Waals surface area contributed by atoms with E-state index in [2.05, 4.69) is 223 Å². The van der Waals surface area contributed by atoms with E-state index in [9.17, 15) is 0 Å². The summed E-state index contributed by atoms with van der Waals surface area (Å²) in [6, 6.07) is 81.1. The zero-order chi connectivity index (χ0) is 40.3. The van der Waals surface area contributed by atoms with Crippen molar-refractivity contribution in [1.29, 1.82) is 0 Å². The van der Waals surface area contributed by atoms with Gasteiger partial charge in [-0.1, -0.05) is 164 Å². The van der Waals surface area contributed by atoms with Crippen LogP contribution in [0.4, 0.5) is 17.1 Å². The first-order chi connectivity index (χ1) is 30.2. The van der Waals surface area contributed by atoms with Crippen molar-refractivity contribution in [2.75, 3.05) is 4.90 Å². The van der Waals surface area contributed by atoms with E-state index in [0.717, 1.165) is 61.3 Å². The molecule has 10 aromatic carbocycles. The molecule has 0 fully saturated rings. The van der Waals surface area contributed by atoms with Crippen molar-refractivity contribution in [1.82, 2.24) is 0 Å². The molecule has 0 amide bonds. The summed E-state index contributed by atoms with van der Waals surface area (Å²) < 4.78 is 9.15. The van der Waals surface area contributed by atoms with Crippen molar-refractivity contribution in [3.63, 3.8) is 0 Å². The fourth-order valence-corrected chi connectivity index (χ4v) is 10.2. The second-order valence-electron chi connectivity index (χ2n) is 15.6. The summed E-state index contributed by atoms with van der Waals surface area (Å²) in [4.78, 5) is 2.40. The smallest absolute Gasteiger partial charge is 0.143 e. The Morgan fingerprint density at radius 1 is 0.311 bits per heavy atom. The number of thiophene rings is 1. The van der Waals surface area contributed by atoms with Crippen molar-refractivity contribution in [3.8, 4) is 44.5 Å². The molecule has 61 heavy (non-hydrogen) atoms. The summed E-state index contributed by atoms with van der Waals surface area (Å²) in [5.74, 6) is 0. The van der Waals surface area contributed by atoms with Crippen LogP contribution in [0, 0.1) is 0 Å². The van der Waals surface area contributed by atoms with Gasteiger partial charge in [0, 0.05) is 53.3 Å². The van der Waals surface area contributed by atoms with E-state index in [-0.39, 0.29) is 0 Å². The SMILES string of the molecule is c1ccc(-c2ccc(N(c3ccc(-c4ccc5oc6c(-c7ccccc7)cccc6c5c4)cc3)c3ccc(-c4ccc5sc6ccccc6c5c4)cc3)c3ccccc23)cc1. The van der Waals surface area contributed by atoms with Crippen molar-refractivity contribution in [2.24, 2.45) is 0 Å². The Hall–Kier alpha value is -7.72. The number of hydrogen-bond donors (Lipinski definition) is 0. The third-order valence-corrected chi connectivity index (χ3v) is 13.3. The molecule has 0 radical (unpaired) electrons. The Bertz CT molecular complexity index is 3570. The molecule has 2 heterocycles. The van der Waals surface area contributed by atoms with Gasteiger partial charge in [-0.3, -0.25) is 0 Å². The summed E-state index contributed by atoms with van der Waals surface area (Å²) >= 11 is 1.86. The maximum atomic E-state index is 6.51. The predicted molar refractivity (Wildman–Crippen MR) is 261 cm³/mol. The van der Waals surface area contributed by atoms with Gasteiger partial charge in [-0.05, 0) is 105 Å². The monoisotopic (exact) mass is 795 g/mol. The third kappa shape index (κ3) is 6.09. The van der Waals surface area contributed by atoms with Gasteiger partial charge in [0.1, 0.15) is 11.2 Å². The average molecular weight is 796 g/mol. The van der Waals surface area contributed by atoms with Crippen LogP contribution >= 0.6 is 11.3 Å². The van der Waals surface area contributed by atoms with Crippen LogP contribution in [0.15, 0.2) is 229 Å². The Morgan fingerprint density at radius 2 is 0.852 bits per heavy atom. The zero-order valence-electron chi connectivity index (χ0n) is 33.1. The number of anilines is 3. The van der Waals surface area contributed by atoms with Gasteiger partial charge in [0.05, 0.1) is 5.69 Å². The van der Waals surface area contributed by atoms with Crippen molar-refractivity contribution >= 4 is 81.3 Å². The molecule has 12 rings (SSSR count). The molecular formula is C58H37NOS. The first kappa shape index (κ1) is 35.2. The van der Waals surface area contributed by atoms with Gasteiger partial charge in [0.2, 0.25) is 0 Å². The van der Waals surface area contributed by atoms with Crippen LogP contribution in [-0.2, 0) is 0 Å². The maximum absolute atomic E-state index is 6.51. The van der Waals surface area contributed by atoms with Gasteiger partial charge < -0.3 is 9.32 Å². The average Bonchev–Trinajstić information content (AvgIpc) is 3.90. The van der Waals surface area contributed by atoms with E-state index in [4.69, 9.17) is 4.42 Å². The predicted octanol–water partition coefficient (Wildman–Crippen LogP) is 17.2. The lowest BCUT2D eigenvalue weighted by Crippen LogP contribution is -2.10. The fraction of sp³-hybridized carbons (Fsp3) is 0. The molecule has 2 nitrogen and oxygen atoms in total. The highest BCUT2D eigenvalue weighted by molar-refractivity contribution is 7.25. The lowest BCUT2D eigenvalue weighted by Gasteiger charge is -2.28. The number of rotatable bonds is 7. The van der Waals surface area contributed by atoms with Crippen LogP contribution in [0.5, 0.6) is 0 Å². The number of furan rings is 1. The van der Waals surface area contributed by atoms with E-state index in [1.54, 1.807) is 0 Å². The van der Waals surface area contributed by atoms with Crippen LogP contribution in [-0.4, -0.2) is 0 Å². The van der Waals surface area contributed by atoms with Crippen molar-refractivity contribution in [2.45, 2.75) is 0 Å². The Labute approximate surface area is 357 Å². The standard InChI is InChI=1S/C58H37NOS/c1-3-12-40(13-4-1)46-32-33-54(49-17-8-7-16-48(46)49)59(45-30-24-39(25-31-45)43-27-35-57-53(37-43)50-18-9-10-21-56(50)61-57)44-28-22-38(23-29-44)42-26-34-55-52(36-42)51-20-11-19-47(58(51)60-55)41-14-5-2-6-15-41/h1-37H. The van der Waals surface area contributed by atoms with E-state index < -0.39 is 0 Å². The van der Waals surface area contributed by atoms with Gasteiger partial charge in [-0.25, -0.2) is 0 Å². The maximum Gasteiger partial charge on any atom is 0.143 e. The minimum Gasteiger partial charge on any atom is -0.455 e. The van der Waals surface area contributed by atoms with Gasteiger partial charge in [0.25, 0.3) is 0 Å². The molecular weight excluding hydrogens is 759 g/mol. The summed E-state index contributed by atoms with van der Waals surface area (Å²) in [5.41, 5.74) is 14.5. The van der Waals surface area contributed by atoms with Crippen LogP contribution in [0.2, 0.25) is 0 Å². The highest BCUT2D eigenvalue weighted by Gasteiger charge is 2.19. The molecule has 0 unspecified atom stereocenters. The first-order valence-electron chi connectivity index (χ1n) is 20.7. The Kier molecular flexibility index (Phi) is 8.39. The molecule has 286 valence electrons. The highest BCUT2D eigenvalue weighted by atomic mass is 32.1. The molecule has 12 aromatic rings. The number of fused-ring (bicyclic) bond motifs is 7. The van der Waals surface area contributed by atoms with E-state index in [0.29, 0.717) is 0 Å². The normalized spacial score (nSPS) is 11.6. The summed E-state index contributed by atoms with van der Waals surface area (Å²) in [5, 5.41) is 7.28. The lowest BCUT2D eigenvalue weighted by molar-refractivity contribution is 0.670. The van der Waals surface area contributed by atoms with Crippen LogP contribution in [0.3, 0.4) is 0 Å². The van der Waals surface area contributed by atoms with Gasteiger partial charge >= 0.3 is 0 Å². The molecule has 0 aliphatic heterocycles. The minimum absolute atomic E-state index is 0.891. The molecule has 0 aliphatic carbocycles. The van der Waals surface area contributed by atoms with Crippen LogP contribution < -0.4 is 4.90 Å². The topological polar surface area (TPSA) is 16.4 Å². The number of para-hydroxylation sites is 1. The summed E-state index contributed by atoms with van der Waals surface area (Å²) in [6.45, 7) is 0. The lowest BCUT2D eigenvalue weighted by atomic mass is 9.96. The van der Waals surface area contributed by atoms with Gasteiger partial charge in [-0.2, -0.15) is 0 Å². The molecule has 0 atom stereocenters. The molecule has 2 aromatic heterocycles. The number of nitrogens with zero attached hydrogens (tertiary/aromatic N) is 1. The molecule has 0 N–H and O–H groups in total. The van der Waals surface area contributed by atoms with Gasteiger partial charge in [-0.15, -0.1) is 11.3 Å². The Morgan fingerprint density at radius 3 is 1.56 bits per heavy atom. The van der Waals surface area contributed by atoms with E-state index in [1.165, 1.54) is 53.2 Å². The van der Waals surface area contributed by atoms with Crippen molar-refractivity contribution in [3.05, 3.63) is 224 Å². The zero-order valence-corrected chi connectivity index (χ0v) is 33.9. The molecule has 0 bridgehead atoms. The van der Waals surface area contributed by atoms with Gasteiger partial charge in [0.15, 0.2) is 0 Å². The highest BCUT2D eigenvalue weighted by Crippen LogP contribution is 2.44. The second-order valence-corrected chi connectivity index (χ2v) is 16.7. The first-order valence-corrected chi connectivity index (χ1v) is 21.6. The van der Waals surface area contributed by atoms with Crippen LogP contribution in [0.1, 0.15) is 0 Å². The molecule has 0 aliphatic rings. The molecule has 0 spiro atoms. The van der Waals surface area contributed by atoms with Crippen molar-refractivity contribution < 1.29 is 4.42 Å². The largest absolute Gasteiger partial charge is 0.455 e. The molecule has 0 saturated carbocycles. The quantitative estimate of drug-likeness (QED) is 0.160. The third-order valence-electron chi connectivity index (χ3n) is 12.1. The van der Waals surface area contributed by atoms with E-state index in [1.807, 2.05) is 17.4 Å². The van der Waals surface area contributed by atoms with E-state index >= 15 is 0 Å². The molecule has 0 saturated heterocycles.